The van der Waals surface area contributed by atoms with Crippen LogP contribution in [0.3, 0.4) is 0 Å². The van der Waals surface area contributed by atoms with E-state index in [0.29, 0.717) is 0 Å². The zero-order valence-electron chi connectivity index (χ0n) is 10.5. The van der Waals surface area contributed by atoms with Gasteiger partial charge in [0.15, 0.2) is 5.69 Å². The molecule has 2 N–H and O–H groups in total. The van der Waals surface area contributed by atoms with Gasteiger partial charge in [-0.1, -0.05) is 16.6 Å². The van der Waals surface area contributed by atoms with Gasteiger partial charge < -0.3 is 10.4 Å². The first-order valence-electron chi connectivity index (χ1n) is 5.78. The van der Waals surface area contributed by atoms with E-state index in [9.17, 15) is 23.1 Å². The van der Waals surface area contributed by atoms with Crippen molar-refractivity contribution >= 4 is 17.4 Å². The molecule has 1 aromatic heterocycles. The Morgan fingerprint density at radius 2 is 2.19 bits per heavy atom. The smallest absolute Gasteiger partial charge is 0.387 e. The summed E-state index contributed by atoms with van der Waals surface area (Å²) in [4.78, 5) is 11.6. The van der Waals surface area contributed by atoms with Crippen LogP contribution in [0.2, 0.25) is 0 Å². The lowest BCUT2D eigenvalue weighted by Gasteiger charge is -2.14. The average molecular weight is 317 g/mol. The number of carbonyl (C=O) groups excluding carboxylic acids is 1. The number of aromatic nitrogens is 2. The molecule has 1 aromatic carbocycles. The van der Waals surface area contributed by atoms with Crippen LogP contribution >= 0.6 is 11.5 Å². The third-order valence-corrected chi connectivity index (χ3v) is 3.15. The monoisotopic (exact) mass is 317 g/mol. The largest absolute Gasteiger partial charge is 0.416 e. The Hall–Kier alpha value is -2.00. The van der Waals surface area contributed by atoms with Gasteiger partial charge in [0.2, 0.25) is 0 Å². The molecular weight excluding hydrogens is 307 g/mol. The Morgan fingerprint density at radius 1 is 1.43 bits per heavy atom. The number of hydrogen-bond donors (Lipinski definition) is 2. The maximum atomic E-state index is 12.6. The highest BCUT2D eigenvalue weighted by Gasteiger charge is 2.30. The summed E-state index contributed by atoms with van der Waals surface area (Å²) < 4.78 is 41.2. The number of amides is 1. The van der Waals surface area contributed by atoms with Crippen LogP contribution in [-0.4, -0.2) is 27.1 Å². The van der Waals surface area contributed by atoms with Crippen molar-refractivity contribution in [3.8, 4) is 0 Å². The van der Waals surface area contributed by atoms with E-state index >= 15 is 0 Å². The lowest BCUT2D eigenvalue weighted by Crippen LogP contribution is -2.28. The Labute approximate surface area is 121 Å². The fraction of sp³-hybridized carbons (Fsp3) is 0.250. The van der Waals surface area contributed by atoms with Gasteiger partial charge in [0, 0.05) is 11.9 Å². The van der Waals surface area contributed by atoms with Crippen LogP contribution in [0.1, 0.15) is 27.7 Å². The molecule has 0 aliphatic heterocycles. The molecule has 0 aliphatic carbocycles. The summed E-state index contributed by atoms with van der Waals surface area (Å²) >= 11 is 0.994. The van der Waals surface area contributed by atoms with Crippen LogP contribution in [0.25, 0.3) is 0 Å². The van der Waals surface area contributed by atoms with E-state index in [1.807, 2.05) is 0 Å². The second kappa shape index (κ2) is 6.19. The zero-order valence-corrected chi connectivity index (χ0v) is 11.3. The minimum atomic E-state index is -4.48. The van der Waals surface area contributed by atoms with Gasteiger partial charge in [-0.05, 0) is 29.2 Å². The summed E-state index contributed by atoms with van der Waals surface area (Å²) in [5.74, 6) is -0.547. The maximum absolute atomic E-state index is 12.6. The van der Waals surface area contributed by atoms with Crippen molar-refractivity contribution in [2.75, 3.05) is 6.54 Å². The molecule has 1 atom stereocenters. The van der Waals surface area contributed by atoms with Gasteiger partial charge in [0.25, 0.3) is 5.91 Å². The zero-order chi connectivity index (χ0) is 15.5. The summed E-state index contributed by atoms with van der Waals surface area (Å²) in [6.07, 6.45) is -5.73. The molecule has 2 aromatic rings. The van der Waals surface area contributed by atoms with Crippen LogP contribution < -0.4 is 5.32 Å². The van der Waals surface area contributed by atoms with Crippen molar-refractivity contribution in [3.63, 3.8) is 0 Å². The summed E-state index contributed by atoms with van der Waals surface area (Å²) in [6, 6.07) is 4.32. The molecule has 9 heteroatoms. The second-order valence-corrected chi connectivity index (χ2v) is 4.75. The molecule has 0 saturated carbocycles. The lowest BCUT2D eigenvalue weighted by atomic mass is 10.1. The summed E-state index contributed by atoms with van der Waals surface area (Å²) in [7, 11) is 0. The number of aliphatic hydroxyl groups is 1. The fourth-order valence-corrected chi connectivity index (χ4v) is 2.02. The number of nitrogens with one attached hydrogen (secondary N) is 1. The lowest BCUT2D eigenvalue weighted by molar-refractivity contribution is -0.137. The van der Waals surface area contributed by atoms with E-state index in [1.165, 1.54) is 17.5 Å². The molecule has 0 saturated heterocycles. The van der Waals surface area contributed by atoms with Gasteiger partial charge in [-0.15, -0.1) is 5.10 Å². The highest BCUT2D eigenvalue weighted by atomic mass is 32.1. The quantitative estimate of drug-likeness (QED) is 0.905. The maximum Gasteiger partial charge on any atom is 0.416 e. The van der Waals surface area contributed by atoms with E-state index in [-0.39, 0.29) is 17.8 Å². The number of hydrogen-bond acceptors (Lipinski definition) is 5. The summed E-state index contributed by atoms with van der Waals surface area (Å²) in [5, 5.41) is 17.2. The number of halogens is 3. The van der Waals surface area contributed by atoms with Crippen LogP contribution in [0, 0.1) is 0 Å². The molecule has 21 heavy (non-hydrogen) atoms. The molecule has 0 fully saturated rings. The molecule has 5 nitrogen and oxygen atoms in total. The molecular formula is C12H10F3N3O2S. The Balaban J connectivity index is 2.00. The molecule has 0 aliphatic rings. The first-order chi connectivity index (χ1) is 9.88. The van der Waals surface area contributed by atoms with Gasteiger partial charge in [-0.2, -0.15) is 13.2 Å². The standard InChI is InChI=1S/C12H10F3N3O2S/c13-12(14,15)8-3-1-2-7(4-8)10(19)5-16-11(20)9-6-21-18-17-9/h1-4,6,10,19H,5H2,(H,16,20). The Bertz CT molecular complexity index is 616. The van der Waals surface area contributed by atoms with Crippen LogP contribution in [0.5, 0.6) is 0 Å². The van der Waals surface area contributed by atoms with E-state index in [2.05, 4.69) is 14.9 Å². The van der Waals surface area contributed by atoms with Crippen molar-refractivity contribution in [1.29, 1.82) is 0 Å². The van der Waals surface area contributed by atoms with Crippen LogP contribution in [0.15, 0.2) is 29.6 Å². The number of carbonyl (C=O) groups is 1. The first kappa shape index (κ1) is 15.4. The van der Waals surface area contributed by atoms with Crippen molar-refractivity contribution < 1.29 is 23.1 Å². The number of alkyl halides is 3. The predicted octanol–water partition coefficient (Wildman–Crippen LogP) is 2.02. The third-order valence-electron chi connectivity index (χ3n) is 2.65. The third kappa shape index (κ3) is 3.99. The minimum Gasteiger partial charge on any atom is -0.387 e. The molecule has 0 bridgehead atoms. The number of aliphatic hydroxyl groups excluding tert-OH is 1. The number of rotatable bonds is 4. The minimum absolute atomic E-state index is 0.0709. The van der Waals surface area contributed by atoms with Gasteiger partial charge in [-0.3, -0.25) is 4.79 Å². The van der Waals surface area contributed by atoms with E-state index < -0.39 is 23.8 Å². The molecule has 0 spiro atoms. The number of nitrogens with zero attached hydrogens (tertiary/aromatic N) is 2. The summed E-state index contributed by atoms with van der Waals surface area (Å²) in [6.45, 7) is -0.225. The van der Waals surface area contributed by atoms with E-state index in [4.69, 9.17) is 0 Å². The van der Waals surface area contributed by atoms with Crippen molar-refractivity contribution in [2.45, 2.75) is 12.3 Å². The van der Waals surface area contributed by atoms with Crippen molar-refractivity contribution in [3.05, 3.63) is 46.5 Å². The van der Waals surface area contributed by atoms with Crippen molar-refractivity contribution in [2.24, 2.45) is 0 Å². The summed E-state index contributed by atoms with van der Waals surface area (Å²) in [5.41, 5.74) is -0.688. The molecule has 1 heterocycles. The average Bonchev–Trinajstić information content (AvgIpc) is 2.98. The van der Waals surface area contributed by atoms with E-state index in [1.54, 1.807) is 0 Å². The fourth-order valence-electron chi connectivity index (χ4n) is 1.58. The van der Waals surface area contributed by atoms with Gasteiger partial charge in [-0.25, -0.2) is 0 Å². The highest BCUT2D eigenvalue weighted by molar-refractivity contribution is 7.03. The Morgan fingerprint density at radius 3 is 2.81 bits per heavy atom. The highest BCUT2D eigenvalue weighted by Crippen LogP contribution is 2.30. The van der Waals surface area contributed by atoms with Crippen molar-refractivity contribution in [1.82, 2.24) is 14.9 Å². The molecule has 1 unspecified atom stereocenters. The number of benzene rings is 1. The van der Waals surface area contributed by atoms with Gasteiger partial charge in [0.1, 0.15) is 0 Å². The molecule has 1 amide bonds. The van der Waals surface area contributed by atoms with E-state index in [0.717, 1.165) is 23.7 Å². The topological polar surface area (TPSA) is 75.1 Å². The molecule has 2 rings (SSSR count). The Kier molecular flexibility index (Phi) is 4.53. The first-order valence-corrected chi connectivity index (χ1v) is 6.62. The second-order valence-electron chi connectivity index (χ2n) is 4.14. The molecule has 0 radical (unpaired) electrons. The van der Waals surface area contributed by atoms with Gasteiger partial charge in [0.05, 0.1) is 11.7 Å². The van der Waals surface area contributed by atoms with Crippen LogP contribution in [0.4, 0.5) is 13.2 Å². The van der Waals surface area contributed by atoms with Crippen LogP contribution in [-0.2, 0) is 6.18 Å². The normalized spacial score (nSPS) is 13.0. The molecule has 112 valence electrons. The predicted molar refractivity (Wildman–Crippen MR) is 68.6 cm³/mol. The van der Waals surface area contributed by atoms with Gasteiger partial charge >= 0.3 is 6.18 Å². The SMILES string of the molecule is O=C(NCC(O)c1cccc(C(F)(F)F)c1)c1csnn1.